The van der Waals surface area contributed by atoms with Gasteiger partial charge in [-0.05, 0) is 26.7 Å². The van der Waals surface area contributed by atoms with E-state index in [0.29, 0.717) is 11.6 Å². The van der Waals surface area contributed by atoms with E-state index in [1.54, 1.807) is 6.92 Å². The Hall–Kier alpha value is -1.65. The molecule has 18 heavy (non-hydrogen) atoms. The average molecular weight is 249 g/mol. The van der Waals surface area contributed by atoms with Gasteiger partial charge in [-0.1, -0.05) is 19.3 Å². The number of aryl methyl sites for hydroxylation is 1. The predicted octanol–water partition coefficient (Wildman–Crippen LogP) is 2.62. The van der Waals surface area contributed by atoms with Crippen molar-refractivity contribution in [3.63, 3.8) is 0 Å². The van der Waals surface area contributed by atoms with Crippen molar-refractivity contribution in [2.45, 2.75) is 51.5 Å². The number of aromatic carboxylic acids is 1. The quantitative estimate of drug-likeness (QED) is 0.861. The Bertz CT molecular complexity index is 454. The fourth-order valence-electron chi connectivity index (χ4n) is 2.46. The molecular weight excluding hydrogens is 230 g/mol. The number of aromatic nitrogens is 2. The molecule has 5 nitrogen and oxygen atoms in total. The summed E-state index contributed by atoms with van der Waals surface area (Å²) in [5.74, 6) is -0.454. The maximum absolute atomic E-state index is 10.9. The second-order valence-electron chi connectivity index (χ2n) is 5.24. The van der Waals surface area contributed by atoms with E-state index in [2.05, 4.69) is 22.2 Å². The summed E-state index contributed by atoms with van der Waals surface area (Å²) in [6.07, 6.45) is 7.31. The predicted molar refractivity (Wildman–Crippen MR) is 68.8 cm³/mol. The summed E-state index contributed by atoms with van der Waals surface area (Å²) < 4.78 is 0. The van der Waals surface area contributed by atoms with Crippen LogP contribution in [0.25, 0.3) is 0 Å². The number of rotatable bonds is 3. The molecule has 0 atom stereocenters. The Kier molecular flexibility index (Phi) is 3.50. The Labute approximate surface area is 107 Å². The van der Waals surface area contributed by atoms with E-state index >= 15 is 0 Å². The Morgan fingerprint density at radius 1 is 1.39 bits per heavy atom. The van der Waals surface area contributed by atoms with E-state index in [0.717, 1.165) is 12.8 Å². The third-order valence-electron chi connectivity index (χ3n) is 3.58. The van der Waals surface area contributed by atoms with Gasteiger partial charge in [-0.2, -0.15) is 0 Å². The Morgan fingerprint density at radius 3 is 2.61 bits per heavy atom. The lowest BCUT2D eigenvalue weighted by Crippen LogP contribution is -2.37. The smallest absolute Gasteiger partial charge is 0.339 e. The fourth-order valence-corrected chi connectivity index (χ4v) is 2.46. The van der Waals surface area contributed by atoms with Gasteiger partial charge in [0.15, 0.2) is 0 Å². The molecule has 1 fully saturated rings. The first-order valence-corrected chi connectivity index (χ1v) is 6.35. The second-order valence-corrected chi connectivity index (χ2v) is 5.24. The van der Waals surface area contributed by atoms with E-state index in [1.807, 2.05) is 0 Å². The molecule has 1 aromatic heterocycles. The van der Waals surface area contributed by atoms with Crippen molar-refractivity contribution in [1.29, 1.82) is 0 Å². The molecule has 1 aliphatic rings. The lowest BCUT2D eigenvalue weighted by molar-refractivity contribution is 0.0695. The van der Waals surface area contributed by atoms with E-state index in [4.69, 9.17) is 5.11 Å². The van der Waals surface area contributed by atoms with Crippen LogP contribution in [0.2, 0.25) is 0 Å². The van der Waals surface area contributed by atoms with E-state index in [9.17, 15) is 4.79 Å². The molecule has 0 unspecified atom stereocenters. The van der Waals surface area contributed by atoms with Gasteiger partial charge in [0.2, 0.25) is 5.95 Å². The van der Waals surface area contributed by atoms with Crippen LogP contribution in [0.15, 0.2) is 6.20 Å². The van der Waals surface area contributed by atoms with Gasteiger partial charge < -0.3 is 10.4 Å². The third kappa shape index (κ3) is 2.78. The molecule has 0 spiro atoms. The lowest BCUT2D eigenvalue weighted by atomic mass is 9.83. The van der Waals surface area contributed by atoms with Crippen molar-refractivity contribution in [2.24, 2.45) is 0 Å². The summed E-state index contributed by atoms with van der Waals surface area (Å²) in [5, 5.41) is 12.3. The highest BCUT2D eigenvalue weighted by Gasteiger charge is 2.27. The topological polar surface area (TPSA) is 75.1 Å². The number of carboxylic acids is 1. The van der Waals surface area contributed by atoms with Gasteiger partial charge in [0.1, 0.15) is 0 Å². The monoisotopic (exact) mass is 249 g/mol. The van der Waals surface area contributed by atoms with Crippen LogP contribution in [0.5, 0.6) is 0 Å². The summed E-state index contributed by atoms with van der Waals surface area (Å²) in [7, 11) is 0. The first-order chi connectivity index (χ1) is 8.50. The SMILES string of the molecule is Cc1nc(NC2(C)CCCCC2)ncc1C(=O)O. The average Bonchev–Trinajstić information content (AvgIpc) is 2.28. The number of nitrogens with one attached hydrogen (secondary N) is 1. The minimum absolute atomic E-state index is 0.0371. The summed E-state index contributed by atoms with van der Waals surface area (Å²) in [5.41, 5.74) is 0.698. The molecule has 0 saturated heterocycles. The molecule has 5 heteroatoms. The van der Waals surface area contributed by atoms with Gasteiger partial charge in [0, 0.05) is 11.7 Å². The molecular formula is C13H19N3O2. The molecule has 1 heterocycles. The maximum atomic E-state index is 10.9. The summed E-state index contributed by atoms with van der Waals surface area (Å²) in [6, 6.07) is 0. The summed E-state index contributed by atoms with van der Waals surface area (Å²) >= 11 is 0. The highest BCUT2D eigenvalue weighted by Crippen LogP contribution is 2.30. The van der Waals surface area contributed by atoms with Gasteiger partial charge in [-0.3, -0.25) is 0 Å². The van der Waals surface area contributed by atoms with Gasteiger partial charge >= 0.3 is 5.97 Å². The second kappa shape index (κ2) is 4.92. The Morgan fingerprint density at radius 2 is 2.06 bits per heavy atom. The number of carbonyl (C=O) groups is 1. The number of hydrogen-bond donors (Lipinski definition) is 2. The zero-order valence-electron chi connectivity index (χ0n) is 10.9. The van der Waals surface area contributed by atoms with Crippen LogP contribution in [0.1, 0.15) is 55.1 Å². The van der Waals surface area contributed by atoms with Crippen LogP contribution < -0.4 is 5.32 Å². The van der Waals surface area contributed by atoms with Crippen molar-refractivity contribution >= 4 is 11.9 Å². The molecule has 1 aliphatic carbocycles. The Balaban J connectivity index is 2.14. The van der Waals surface area contributed by atoms with Crippen molar-refractivity contribution in [3.8, 4) is 0 Å². The van der Waals surface area contributed by atoms with E-state index in [1.165, 1.54) is 25.5 Å². The fraction of sp³-hybridized carbons (Fsp3) is 0.615. The highest BCUT2D eigenvalue weighted by molar-refractivity contribution is 5.88. The molecule has 0 aromatic carbocycles. The summed E-state index contributed by atoms with van der Waals surface area (Å²) in [4.78, 5) is 19.2. The summed E-state index contributed by atoms with van der Waals surface area (Å²) in [6.45, 7) is 3.87. The number of nitrogens with zero attached hydrogens (tertiary/aromatic N) is 2. The molecule has 0 bridgehead atoms. The van der Waals surface area contributed by atoms with Gasteiger partial charge in [0.25, 0.3) is 0 Å². The zero-order chi connectivity index (χ0) is 13.2. The van der Waals surface area contributed by atoms with Crippen LogP contribution in [0.3, 0.4) is 0 Å². The largest absolute Gasteiger partial charge is 0.478 e. The van der Waals surface area contributed by atoms with Crippen LogP contribution in [-0.4, -0.2) is 26.6 Å². The number of hydrogen-bond acceptors (Lipinski definition) is 4. The highest BCUT2D eigenvalue weighted by atomic mass is 16.4. The molecule has 1 aromatic rings. The zero-order valence-corrected chi connectivity index (χ0v) is 10.9. The number of anilines is 1. The minimum atomic E-state index is -0.983. The van der Waals surface area contributed by atoms with Crippen LogP contribution in [0.4, 0.5) is 5.95 Å². The standard InChI is InChI=1S/C13H19N3O2/c1-9-10(11(17)18)8-14-12(15-9)16-13(2)6-4-3-5-7-13/h8H,3-7H2,1-2H3,(H,17,18)(H,14,15,16). The maximum Gasteiger partial charge on any atom is 0.339 e. The molecule has 0 aliphatic heterocycles. The van der Waals surface area contributed by atoms with Crippen LogP contribution in [0, 0.1) is 6.92 Å². The van der Waals surface area contributed by atoms with E-state index in [-0.39, 0.29) is 11.1 Å². The van der Waals surface area contributed by atoms with Gasteiger partial charge in [-0.15, -0.1) is 0 Å². The normalized spacial score (nSPS) is 18.3. The van der Waals surface area contributed by atoms with Crippen molar-refractivity contribution in [1.82, 2.24) is 9.97 Å². The molecule has 0 radical (unpaired) electrons. The minimum Gasteiger partial charge on any atom is -0.478 e. The molecule has 1 saturated carbocycles. The molecule has 2 rings (SSSR count). The molecule has 98 valence electrons. The number of carboxylic acid groups (broad SMARTS) is 1. The molecule has 0 amide bonds. The van der Waals surface area contributed by atoms with Gasteiger partial charge in [0.05, 0.1) is 11.3 Å². The van der Waals surface area contributed by atoms with E-state index < -0.39 is 5.97 Å². The van der Waals surface area contributed by atoms with Crippen LogP contribution >= 0.6 is 0 Å². The molecule has 2 N–H and O–H groups in total. The van der Waals surface area contributed by atoms with Crippen LogP contribution in [-0.2, 0) is 0 Å². The first kappa shape index (κ1) is 12.8. The lowest BCUT2D eigenvalue weighted by Gasteiger charge is -2.34. The van der Waals surface area contributed by atoms with Crippen molar-refractivity contribution in [3.05, 3.63) is 17.5 Å². The third-order valence-corrected chi connectivity index (χ3v) is 3.58. The first-order valence-electron chi connectivity index (χ1n) is 6.35. The van der Waals surface area contributed by atoms with Gasteiger partial charge in [-0.25, -0.2) is 14.8 Å². The van der Waals surface area contributed by atoms with Crippen molar-refractivity contribution in [2.75, 3.05) is 5.32 Å². The van der Waals surface area contributed by atoms with Crippen molar-refractivity contribution < 1.29 is 9.90 Å².